The number of carboxylic acid groups (broad SMARTS) is 1. The molecule has 1 aliphatic carbocycles. The second-order valence-electron chi connectivity index (χ2n) is 7.32. The molecular formula is C20H28N2O5. The molecule has 27 heavy (non-hydrogen) atoms. The van der Waals surface area contributed by atoms with E-state index < -0.39 is 12.0 Å². The van der Waals surface area contributed by atoms with Crippen molar-refractivity contribution in [2.45, 2.75) is 51.6 Å². The van der Waals surface area contributed by atoms with E-state index in [0.29, 0.717) is 37.0 Å². The van der Waals surface area contributed by atoms with Gasteiger partial charge in [-0.2, -0.15) is 0 Å². The van der Waals surface area contributed by atoms with Gasteiger partial charge in [-0.05, 0) is 55.9 Å². The van der Waals surface area contributed by atoms with Crippen LogP contribution in [0, 0.1) is 11.8 Å². The van der Waals surface area contributed by atoms with E-state index in [-0.39, 0.29) is 29.7 Å². The highest BCUT2D eigenvalue weighted by molar-refractivity contribution is 5.97. The van der Waals surface area contributed by atoms with Crippen LogP contribution in [0.1, 0.15) is 49.9 Å². The van der Waals surface area contributed by atoms with Crippen LogP contribution in [0.25, 0.3) is 0 Å². The highest BCUT2D eigenvalue weighted by Crippen LogP contribution is 2.24. The Morgan fingerprint density at radius 1 is 1.07 bits per heavy atom. The van der Waals surface area contributed by atoms with Crippen LogP contribution < -0.4 is 15.4 Å². The number of aliphatic carboxylic acids is 1. The quantitative estimate of drug-likeness (QED) is 0.677. The molecule has 0 spiro atoms. The van der Waals surface area contributed by atoms with E-state index in [1.54, 1.807) is 31.4 Å². The van der Waals surface area contributed by atoms with Crippen LogP contribution in [0.5, 0.6) is 5.75 Å². The fourth-order valence-corrected chi connectivity index (χ4v) is 3.28. The topological polar surface area (TPSA) is 105 Å². The minimum atomic E-state index is -0.772. The van der Waals surface area contributed by atoms with Gasteiger partial charge in [-0.3, -0.25) is 14.4 Å². The predicted molar refractivity (Wildman–Crippen MR) is 101 cm³/mol. The highest BCUT2D eigenvalue weighted by Gasteiger charge is 2.30. The summed E-state index contributed by atoms with van der Waals surface area (Å²) in [4.78, 5) is 36.2. The normalized spacial score (nSPS) is 20.6. The molecule has 7 nitrogen and oxygen atoms in total. The molecule has 1 aromatic carbocycles. The molecule has 148 valence electrons. The third-order valence-electron chi connectivity index (χ3n) is 5.01. The van der Waals surface area contributed by atoms with Crippen molar-refractivity contribution in [3.8, 4) is 5.75 Å². The lowest BCUT2D eigenvalue weighted by atomic mass is 9.86. The molecule has 0 saturated heterocycles. The molecule has 0 unspecified atom stereocenters. The number of carbonyl (C=O) groups is 3. The number of benzene rings is 1. The molecule has 3 N–H and O–H groups in total. The molecule has 1 atom stereocenters. The van der Waals surface area contributed by atoms with Crippen LogP contribution in [0.15, 0.2) is 24.3 Å². The maximum atomic E-state index is 12.7. The van der Waals surface area contributed by atoms with Crippen molar-refractivity contribution in [1.82, 2.24) is 10.6 Å². The van der Waals surface area contributed by atoms with Crippen molar-refractivity contribution in [3.05, 3.63) is 29.8 Å². The Morgan fingerprint density at radius 3 is 2.15 bits per heavy atom. The Balaban J connectivity index is 1.94. The summed E-state index contributed by atoms with van der Waals surface area (Å²) in [5, 5.41) is 14.8. The molecular weight excluding hydrogens is 348 g/mol. The predicted octanol–water partition coefficient (Wildman–Crippen LogP) is 2.21. The number of amides is 2. The third-order valence-corrected chi connectivity index (χ3v) is 5.01. The molecule has 1 fully saturated rings. The number of hydrogen-bond acceptors (Lipinski definition) is 4. The first-order chi connectivity index (χ1) is 12.8. The fraction of sp³-hybridized carbons (Fsp3) is 0.550. The van der Waals surface area contributed by atoms with Gasteiger partial charge in [0.15, 0.2) is 0 Å². The smallest absolute Gasteiger partial charge is 0.306 e. The maximum absolute atomic E-state index is 12.7. The summed E-state index contributed by atoms with van der Waals surface area (Å²) in [6.07, 6.45) is 2.40. The van der Waals surface area contributed by atoms with Crippen LogP contribution in [0.2, 0.25) is 0 Å². The number of carboxylic acids is 1. The molecule has 0 radical (unpaired) electrons. The highest BCUT2D eigenvalue weighted by atomic mass is 16.5. The first kappa shape index (κ1) is 20.7. The summed E-state index contributed by atoms with van der Waals surface area (Å²) in [6.45, 7) is 3.75. The molecule has 7 heteroatoms. The minimum Gasteiger partial charge on any atom is -0.497 e. The molecule has 0 heterocycles. The maximum Gasteiger partial charge on any atom is 0.306 e. The van der Waals surface area contributed by atoms with E-state index in [9.17, 15) is 14.4 Å². The average molecular weight is 376 g/mol. The Bertz CT molecular complexity index is 663. The SMILES string of the molecule is COc1ccc(C(=O)N[C@H](C(=O)NC2CCC(C(=O)O)CC2)C(C)C)cc1. The summed E-state index contributed by atoms with van der Waals surface area (Å²) >= 11 is 0. The lowest BCUT2D eigenvalue weighted by molar-refractivity contribution is -0.142. The van der Waals surface area contributed by atoms with Crippen LogP contribution >= 0.6 is 0 Å². The van der Waals surface area contributed by atoms with Gasteiger partial charge in [0, 0.05) is 11.6 Å². The lowest BCUT2D eigenvalue weighted by Gasteiger charge is -2.29. The first-order valence-corrected chi connectivity index (χ1v) is 9.30. The summed E-state index contributed by atoms with van der Waals surface area (Å²) in [5.74, 6) is -1.07. The van der Waals surface area contributed by atoms with E-state index in [1.165, 1.54) is 0 Å². The van der Waals surface area contributed by atoms with Gasteiger partial charge in [0.1, 0.15) is 11.8 Å². The second-order valence-corrected chi connectivity index (χ2v) is 7.32. The number of ether oxygens (including phenoxy) is 1. The van der Waals surface area contributed by atoms with E-state index in [1.807, 2.05) is 13.8 Å². The number of nitrogens with one attached hydrogen (secondary N) is 2. The van der Waals surface area contributed by atoms with Crippen LogP contribution in [-0.2, 0) is 9.59 Å². The van der Waals surface area contributed by atoms with Gasteiger partial charge >= 0.3 is 5.97 Å². The van der Waals surface area contributed by atoms with E-state index in [4.69, 9.17) is 9.84 Å². The van der Waals surface area contributed by atoms with Gasteiger partial charge < -0.3 is 20.5 Å². The molecule has 0 aliphatic heterocycles. The standard InChI is InChI=1S/C20H28N2O5/c1-12(2)17(22-18(23)13-6-10-16(27-3)11-7-13)19(24)21-15-8-4-14(5-9-15)20(25)26/h6-7,10-12,14-15,17H,4-5,8-9H2,1-3H3,(H,21,24)(H,22,23)(H,25,26)/t14?,15?,17-/m0/s1. The molecule has 0 bridgehead atoms. The Hall–Kier alpha value is -2.57. The van der Waals surface area contributed by atoms with Gasteiger partial charge in [0.2, 0.25) is 5.91 Å². The number of hydrogen-bond donors (Lipinski definition) is 3. The van der Waals surface area contributed by atoms with Crippen molar-refractivity contribution in [3.63, 3.8) is 0 Å². The fourth-order valence-electron chi connectivity index (χ4n) is 3.28. The second kappa shape index (κ2) is 9.39. The first-order valence-electron chi connectivity index (χ1n) is 9.30. The number of methoxy groups -OCH3 is 1. The Kier molecular flexibility index (Phi) is 7.21. The number of carbonyl (C=O) groups excluding carboxylic acids is 2. The molecule has 0 aromatic heterocycles. The van der Waals surface area contributed by atoms with E-state index in [2.05, 4.69) is 10.6 Å². The van der Waals surface area contributed by atoms with Gasteiger partial charge in [-0.15, -0.1) is 0 Å². The van der Waals surface area contributed by atoms with Gasteiger partial charge in [-0.25, -0.2) is 0 Å². The van der Waals surface area contributed by atoms with Gasteiger partial charge in [0.05, 0.1) is 13.0 Å². The molecule has 2 rings (SSSR count). The van der Waals surface area contributed by atoms with Crippen molar-refractivity contribution < 1.29 is 24.2 Å². The molecule has 1 saturated carbocycles. The van der Waals surface area contributed by atoms with Crippen molar-refractivity contribution in [2.75, 3.05) is 7.11 Å². The van der Waals surface area contributed by atoms with Gasteiger partial charge in [-0.1, -0.05) is 13.8 Å². The van der Waals surface area contributed by atoms with Gasteiger partial charge in [0.25, 0.3) is 5.91 Å². The zero-order valence-corrected chi connectivity index (χ0v) is 16.0. The zero-order valence-electron chi connectivity index (χ0n) is 16.0. The third kappa shape index (κ3) is 5.70. The van der Waals surface area contributed by atoms with Crippen molar-refractivity contribution in [1.29, 1.82) is 0 Å². The average Bonchev–Trinajstić information content (AvgIpc) is 2.66. The minimum absolute atomic E-state index is 0.0489. The lowest BCUT2D eigenvalue weighted by Crippen LogP contribution is -2.52. The summed E-state index contributed by atoms with van der Waals surface area (Å²) in [5.41, 5.74) is 0.455. The molecule has 2 amide bonds. The molecule has 1 aliphatic rings. The summed E-state index contributed by atoms with van der Waals surface area (Å²) in [6, 6.07) is 5.98. The monoisotopic (exact) mass is 376 g/mol. The molecule has 1 aromatic rings. The van der Waals surface area contributed by atoms with E-state index in [0.717, 1.165) is 0 Å². The van der Waals surface area contributed by atoms with Crippen LogP contribution in [0.3, 0.4) is 0 Å². The van der Waals surface area contributed by atoms with Crippen molar-refractivity contribution >= 4 is 17.8 Å². The summed E-state index contributed by atoms with van der Waals surface area (Å²) < 4.78 is 5.08. The zero-order chi connectivity index (χ0) is 20.0. The van der Waals surface area contributed by atoms with Crippen LogP contribution in [0.4, 0.5) is 0 Å². The number of rotatable bonds is 7. The van der Waals surface area contributed by atoms with Crippen LogP contribution in [-0.4, -0.2) is 42.1 Å². The Morgan fingerprint density at radius 2 is 1.67 bits per heavy atom. The van der Waals surface area contributed by atoms with Crippen molar-refractivity contribution in [2.24, 2.45) is 11.8 Å². The Labute approximate surface area is 159 Å². The summed E-state index contributed by atoms with van der Waals surface area (Å²) in [7, 11) is 1.55. The van der Waals surface area contributed by atoms with E-state index >= 15 is 0 Å². The largest absolute Gasteiger partial charge is 0.497 e.